The summed E-state index contributed by atoms with van der Waals surface area (Å²) in [4.78, 5) is 2.52. The Hall–Kier alpha value is -1.29. The number of nitrogens with zero attached hydrogens (tertiary/aromatic N) is 1. The molecule has 0 amide bonds. The highest BCUT2D eigenvalue weighted by Crippen LogP contribution is 2.24. The van der Waals surface area contributed by atoms with Crippen molar-refractivity contribution in [3.05, 3.63) is 63.6 Å². The van der Waals surface area contributed by atoms with Gasteiger partial charge in [-0.05, 0) is 42.0 Å². The summed E-state index contributed by atoms with van der Waals surface area (Å²) in [5.41, 5.74) is 8.63. The van der Waals surface area contributed by atoms with E-state index in [-0.39, 0.29) is 0 Å². The van der Waals surface area contributed by atoms with E-state index in [1.165, 1.54) is 0 Å². The van der Waals surface area contributed by atoms with Crippen LogP contribution >= 0.6 is 35.4 Å². The second-order valence-electron chi connectivity index (χ2n) is 4.52. The number of benzene rings is 2. The van der Waals surface area contributed by atoms with Gasteiger partial charge in [-0.25, -0.2) is 0 Å². The molecule has 0 heterocycles. The molecule has 2 rings (SSSR count). The van der Waals surface area contributed by atoms with Crippen LogP contribution in [0.4, 0.5) is 5.69 Å². The zero-order valence-electron chi connectivity index (χ0n) is 10.9. The summed E-state index contributed by atoms with van der Waals surface area (Å²) in [5.74, 6) is 0. The van der Waals surface area contributed by atoms with E-state index in [0.717, 1.165) is 23.4 Å². The first-order valence-corrected chi connectivity index (χ1v) is 7.18. The predicted molar refractivity (Wildman–Crippen MR) is 90.9 cm³/mol. The lowest BCUT2D eigenvalue weighted by Crippen LogP contribution is -2.16. The van der Waals surface area contributed by atoms with Crippen molar-refractivity contribution in [2.45, 2.75) is 6.54 Å². The van der Waals surface area contributed by atoms with E-state index in [1.54, 1.807) is 0 Å². The van der Waals surface area contributed by atoms with Crippen LogP contribution in [0, 0.1) is 0 Å². The molecule has 5 heteroatoms. The standard InChI is InChI=1S/C15H14Cl2N2S/c1-19(9-10-2-7-13(16)14(17)8-10)12-5-3-11(4-6-12)15(18)20/h2-8H,9H2,1H3,(H2,18,20). The Labute approximate surface area is 134 Å². The molecule has 0 aliphatic heterocycles. The molecule has 104 valence electrons. The molecule has 0 saturated carbocycles. The summed E-state index contributed by atoms with van der Waals surface area (Å²) in [7, 11) is 2.01. The molecule has 2 aromatic carbocycles. The van der Waals surface area contributed by atoms with Gasteiger partial charge < -0.3 is 10.6 Å². The first-order chi connectivity index (χ1) is 9.47. The fourth-order valence-corrected chi connectivity index (χ4v) is 2.34. The van der Waals surface area contributed by atoms with E-state index in [2.05, 4.69) is 4.90 Å². The highest BCUT2D eigenvalue weighted by Gasteiger charge is 2.05. The maximum absolute atomic E-state index is 6.02. The molecule has 0 bridgehead atoms. The molecule has 0 saturated heterocycles. The lowest BCUT2D eigenvalue weighted by molar-refractivity contribution is 0.923. The summed E-state index contributed by atoms with van der Waals surface area (Å²) in [6.07, 6.45) is 0. The lowest BCUT2D eigenvalue weighted by atomic mass is 10.1. The molecule has 0 atom stereocenters. The zero-order chi connectivity index (χ0) is 14.7. The molecule has 0 spiro atoms. The first kappa shape index (κ1) is 15.1. The molecule has 0 radical (unpaired) electrons. The van der Waals surface area contributed by atoms with Crippen molar-refractivity contribution >= 4 is 46.1 Å². The fourth-order valence-electron chi connectivity index (χ4n) is 1.88. The normalized spacial score (nSPS) is 10.3. The maximum Gasteiger partial charge on any atom is 0.103 e. The van der Waals surface area contributed by atoms with Crippen LogP contribution in [0.1, 0.15) is 11.1 Å². The van der Waals surface area contributed by atoms with Crippen LogP contribution in [0.25, 0.3) is 0 Å². The minimum absolute atomic E-state index is 0.406. The molecule has 0 aliphatic rings. The van der Waals surface area contributed by atoms with Gasteiger partial charge in [0.15, 0.2) is 0 Å². The third kappa shape index (κ3) is 3.63. The van der Waals surface area contributed by atoms with Gasteiger partial charge >= 0.3 is 0 Å². The van der Waals surface area contributed by atoms with E-state index in [9.17, 15) is 0 Å². The fraction of sp³-hybridized carbons (Fsp3) is 0.133. The minimum atomic E-state index is 0.406. The predicted octanol–water partition coefficient (Wildman–Crippen LogP) is 4.26. The molecule has 2 aromatic rings. The quantitative estimate of drug-likeness (QED) is 0.852. The Balaban J connectivity index is 2.12. The van der Waals surface area contributed by atoms with Crippen LogP contribution in [0.3, 0.4) is 0 Å². The average molecular weight is 325 g/mol. The topological polar surface area (TPSA) is 29.3 Å². The smallest absolute Gasteiger partial charge is 0.103 e. The van der Waals surface area contributed by atoms with Gasteiger partial charge in [0, 0.05) is 24.8 Å². The highest BCUT2D eigenvalue weighted by atomic mass is 35.5. The number of hydrogen-bond donors (Lipinski definition) is 1. The SMILES string of the molecule is CN(Cc1ccc(Cl)c(Cl)c1)c1ccc(C(N)=S)cc1. The van der Waals surface area contributed by atoms with Gasteiger partial charge in [0.25, 0.3) is 0 Å². The number of halogens is 2. The van der Waals surface area contributed by atoms with Gasteiger partial charge in [0.2, 0.25) is 0 Å². The highest BCUT2D eigenvalue weighted by molar-refractivity contribution is 7.80. The summed E-state index contributed by atoms with van der Waals surface area (Å²) in [6, 6.07) is 13.5. The second kappa shape index (κ2) is 6.44. The van der Waals surface area contributed by atoms with Gasteiger partial charge in [-0.3, -0.25) is 0 Å². The van der Waals surface area contributed by atoms with Crippen molar-refractivity contribution in [1.29, 1.82) is 0 Å². The van der Waals surface area contributed by atoms with Crippen molar-refractivity contribution in [2.24, 2.45) is 5.73 Å². The molecule has 0 aliphatic carbocycles. The van der Waals surface area contributed by atoms with Crippen molar-refractivity contribution in [1.82, 2.24) is 0 Å². The van der Waals surface area contributed by atoms with Crippen molar-refractivity contribution in [3.8, 4) is 0 Å². The van der Waals surface area contributed by atoms with Gasteiger partial charge in [-0.2, -0.15) is 0 Å². The van der Waals surface area contributed by atoms with Gasteiger partial charge in [0.05, 0.1) is 10.0 Å². The lowest BCUT2D eigenvalue weighted by Gasteiger charge is -2.20. The van der Waals surface area contributed by atoms with Crippen molar-refractivity contribution < 1.29 is 0 Å². The monoisotopic (exact) mass is 324 g/mol. The van der Waals surface area contributed by atoms with E-state index in [4.69, 9.17) is 41.2 Å². The largest absolute Gasteiger partial charge is 0.389 e. The molecular weight excluding hydrogens is 311 g/mol. The molecule has 20 heavy (non-hydrogen) atoms. The molecule has 0 unspecified atom stereocenters. The second-order valence-corrected chi connectivity index (χ2v) is 5.77. The molecule has 0 fully saturated rings. The summed E-state index contributed by atoms with van der Waals surface area (Å²) >= 11 is 16.9. The number of anilines is 1. The van der Waals surface area contributed by atoms with Crippen LogP contribution < -0.4 is 10.6 Å². The van der Waals surface area contributed by atoms with E-state index in [1.807, 2.05) is 49.5 Å². The van der Waals surface area contributed by atoms with Gasteiger partial charge in [-0.15, -0.1) is 0 Å². The third-order valence-corrected chi connectivity index (χ3v) is 3.97. The number of hydrogen-bond acceptors (Lipinski definition) is 2. The van der Waals surface area contributed by atoms with Gasteiger partial charge in [0.1, 0.15) is 4.99 Å². The van der Waals surface area contributed by atoms with E-state index >= 15 is 0 Å². The average Bonchev–Trinajstić information content (AvgIpc) is 2.43. The van der Waals surface area contributed by atoms with E-state index < -0.39 is 0 Å². The number of nitrogens with two attached hydrogens (primary N) is 1. The third-order valence-electron chi connectivity index (χ3n) is 3.00. The number of rotatable bonds is 4. The molecule has 2 nitrogen and oxygen atoms in total. The Kier molecular flexibility index (Phi) is 4.86. The van der Waals surface area contributed by atoms with Crippen LogP contribution in [-0.4, -0.2) is 12.0 Å². The summed E-state index contributed by atoms with van der Waals surface area (Å²) in [5, 5.41) is 1.14. The summed E-state index contributed by atoms with van der Waals surface area (Å²) in [6.45, 7) is 0.739. The van der Waals surface area contributed by atoms with Crippen LogP contribution in [0.15, 0.2) is 42.5 Å². The Morgan fingerprint density at radius 1 is 1.10 bits per heavy atom. The Bertz CT molecular complexity index is 626. The Morgan fingerprint density at radius 3 is 2.30 bits per heavy atom. The maximum atomic E-state index is 6.02. The molecule has 2 N–H and O–H groups in total. The zero-order valence-corrected chi connectivity index (χ0v) is 13.3. The van der Waals surface area contributed by atoms with Crippen molar-refractivity contribution in [2.75, 3.05) is 11.9 Å². The molecule has 0 aromatic heterocycles. The molecular formula is C15H14Cl2N2S. The first-order valence-electron chi connectivity index (χ1n) is 6.02. The van der Waals surface area contributed by atoms with Crippen LogP contribution in [-0.2, 0) is 6.54 Å². The van der Waals surface area contributed by atoms with Gasteiger partial charge in [-0.1, -0.05) is 41.5 Å². The van der Waals surface area contributed by atoms with E-state index in [0.29, 0.717) is 15.0 Å². The minimum Gasteiger partial charge on any atom is -0.389 e. The van der Waals surface area contributed by atoms with Crippen LogP contribution in [0.5, 0.6) is 0 Å². The summed E-state index contributed by atoms with van der Waals surface area (Å²) < 4.78 is 0. The van der Waals surface area contributed by atoms with Crippen molar-refractivity contribution in [3.63, 3.8) is 0 Å². The van der Waals surface area contributed by atoms with Crippen LogP contribution in [0.2, 0.25) is 10.0 Å². The Morgan fingerprint density at radius 2 is 1.75 bits per heavy atom. The number of thiocarbonyl (C=S) groups is 1.